The van der Waals surface area contributed by atoms with Crippen LogP contribution in [-0.4, -0.2) is 56.1 Å². The van der Waals surface area contributed by atoms with Crippen molar-refractivity contribution in [3.63, 3.8) is 0 Å². The standard InChI is InChI=1S/C30H32N2O6/c1-35-26-14-20-9-10-32(16-29(34)31-30-21-6-4-3-5-19(21)13-24(30)33)23(22(20)15-27(26)36-2)11-18-7-8-25-28(12-18)38-17-37-25/h3-8,12,14-15,23-24,30,33H,9-11,13,16-17H2,1-2H3,(H,31,34)/t23?,24-,30+/m0/s1. The molecule has 0 spiro atoms. The van der Waals surface area contributed by atoms with Crippen LogP contribution in [0.1, 0.15) is 39.9 Å². The van der Waals surface area contributed by atoms with Gasteiger partial charge in [-0.3, -0.25) is 9.69 Å². The van der Waals surface area contributed by atoms with Gasteiger partial charge in [-0.25, -0.2) is 0 Å². The van der Waals surface area contributed by atoms with Gasteiger partial charge in [-0.1, -0.05) is 30.3 Å². The quantitative estimate of drug-likeness (QED) is 0.498. The highest BCUT2D eigenvalue weighted by Gasteiger charge is 2.34. The summed E-state index contributed by atoms with van der Waals surface area (Å²) >= 11 is 0. The van der Waals surface area contributed by atoms with E-state index in [1.165, 1.54) is 5.56 Å². The number of aliphatic hydroxyl groups is 1. The second kappa shape index (κ2) is 10.2. The van der Waals surface area contributed by atoms with E-state index in [-0.39, 0.29) is 25.3 Å². The predicted molar refractivity (Wildman–Crippen MR) is 141 cm³/mol. The van der Waals surface area contributed by atoms with Crippen molar-refractivity contribution in [1.29, 1.82) is 0 Å². The van der Waals surface area contributed by atoms with Gasteiger partial charge in [-0.05, 0) is 64.9 Å². The van der Waals surface area contributed by atoms with Crippen LogP contribution in [0.4, 0.5) is 0 Å². The number of nitrogens with zero attached hydrogens (tertiary/aromatic N) is 1. The maximum atomic E-state index is 13.4. The zero-order valence-electron chi connectivity index (χ0n) is 21.6. The zero-order valence-corrected chi connectivity index (χ0v) is 21.6. The number of carbonyl (C=O) groups excluding carboxylic acids is 1. The smallest absolute Gasteiger partial charge is 0.234 e. The first-order valence-corrected chi connectivity index (χ1v) is 13.0. The first kappa shape index (κ1) is 24.6. The molecule has 6 rings (SSSR count). The van der Waals surface area contributed by atoms with Crippen LogP contribution in [0.5, 0.6) is 23.0 Å². The average Bonchev–Trinajstić information content (AvgIpc) is 3.52. The Bertz CT molecular complexity index is 1360. The van der Waals surface area contributed by atoms with Crippen LogP contribution in [0.25, 0.3) is 0 Å². The van der Waals surface area contributed by atoms with E-state index in [0.29, 0.717) is 24.3 Å². The van der Waals surface area contributed by atoms with Crippen LogP contribution in [0, 0.1) is 0 Å². The van der Waals surface area contributed by atoms with Crippen LogP contribution in [0.2, 0.25) is 0 Å². The van der Waals surface area contributed by atoms with E-state index in [1.807, 2.05) is 54.6 Å². The van der Waals surface area contributed by atoms with E-state index >= 15 is 0 Å². The van der Waals surface area contributed by atoms with Gasteiger partial charge in [0.05, 0.1) is 32.9 Å². The number of benzene rings is 3. The van der Waals surface area contributed by atoms with Crippen molar-refractivity contribution in [1.82, 2.24) is 10.2 Å². The zero-order chi connectivity index (χ0) is 26.2. The van der Waals surface area contributed by atoms with Gasteiger partial charge in [0.25, 0.3) is 0 Å². The number of carbonyl (C=O) groups is 1. The highest BCUT2D eigenvalue weighted by molar-refractivity contribution is 5.79. The molecular formula is C30H32N2O6. The molecule has 0 aromatic heterocycles. The van der Waals surface area contributed by atoms with E-state index in [0.717, 1.165) is 46.7 Å². The lowest BCUT2D eigenvalue weighted by Crippen LogP contribution is -2.45. The van der Waals surface area contributed by atoms with Crippen LogP contribution in [0.15, 0.2) is 54.6 Å². The van der Waals surface area contributed by atoms with E-state index < -0.39 is 12.1 Å². The summed E-state index contributed by atoms with van der Waals surface area (Å²) in [6.07, 6.45) is 1.39. The Balaban J connectivity index is 1.27. The minimum atomic E-state index is -0.625. The molecule has 3 atom stereocenters. The number of hydrogen-bond donors (Lipinski definition) is 2. The lowest BCUT2D eigenvalue weighted by molar-refractivity contribution is -0.124. The summed E-state index contributed by atoms with van der Waals surface area (Å²) < 4.78 is 22.3. The Hall–Kier alpha value is -3.75. The number of rotatable bonds is 7. The Morgan fingerprint density at radius 1 is 1.00 bits per heavy atom. The number of nitrogens with one attached hydrogen (secondary N) is 1. The highest BCUT2D eigenvalue weighted by atomic mass is 16.7. The van der Waals surface area contributed by atoms with E-state index in [4.69, 9.17) is 18.9 Å². The highest BCUT2D eigenvalue weighted by Crippen LogP contribution is 2.41. The Morgan fingerprint density at radius 2 is 1.79 bits per heavy atom. The van der Waals surface area contributed by atoms with E-state index in [2.05, 4.69) is 10.2 Å². The van der Waals surface area contributed by atoms with Gasteiger partial charge in [-0.2, -0.15) is 0 Å². The molecule has 3 aromatic carbocycles. The summed E-state index contributed by atoms with van der Waals surface area (Å²) in [5, 5.41) is 13.8. The number of ether oxygens (including phenoxy) is 4. The lowest BCUT2D eigenvalue weighted by atomic mass is 9.88. The summed E-state index contributed by atoms with van der Waals surface area (Å²) in [6.45, 7) is 1.16. The summed E-state index contributed by atoms with van der Waals surface area (Å²) in [5.74, 6) is 2.75. The first-order chi connectivity index (χ1) is 18.5. The summed E-state index contributed by atoms with van der Waals surface area (Å²) in [6, 6.07) is 17.5. The van der Waals surface area contributed by atoms with Crippen molar-refractivity contribution >= 4 is 5.91 Å². The van der Waals surface area contributed by atoms with Gasteiger partial charge in [0.1, 0.15) is 0 Å². The largest absolute Gasteiger partial charge is 0.493 e. The van der Waals surface area contributed by atoms with Gasteiger partial charge in [0, 0.05) is 19.0 Å². The van der Waals surface area contributed by atoms with Crippen molar-refractivity contribution < 1.29 is 28.8 Å². The minimum absolute atomic E-state index is 0.0644. The fraction of sp³-hybridized carbons (Fsp3) is 0.367. The molecule has 0 fully saturated rings. The van der Waals surface area contributed by atoms with E-state index in [9.17, 15) is 9.90 Å². The van der Waals surface area contributed by atoms with Crippen molar-refractivity contribution in [2.24, 2.45) is 0 Å². The molecule has 38 heavy (non-hydrogen) atoms. The average molecular weight is 517 g/mol. The Kier molecular flexibility index (Phi) is 6.59. The monoisotopic (exact) mass is 516 g/mol. The maximum absolute atomic E-state index is 13.4. The third-order valence-electron chi connectivity index (χ3n) is 7.85. The van der Waals surface area contributed by atoms with Crippen LogP contribution < -0.4 is 24.3 Å². The number of methoxy groups -OCH3 is 2. The normalized spacial score (nSPS) is 21.5. The molecule has 3 aromatic rings. The van der Waals surface area contributed by atoms with Gasteiger partial charge < -0.3 is 29.4 Å². The summed E-state index contributed by atoms with van der Waals surface area (Å²) in [7, 11) is 3.28. The van der Waals surface area contributed by atoms with Gasteiger partial charge in [0.2, 0.25) is 12.7 Å². The van der Waals surface area contributed by atoms with Crippen LogP contribution >= 0.6 is 0 Å². The lowest BCUT2D eigenvalue weighted by Gasteiger charge is -2.38. The topological polar surface area (TPSA) is 89.5 Å². The molecule has 1 amide bonds. The maximum Gasteiger partial charge on any atom is 0.234 e. The summed E-state index contributed by atoms with van der Waals surface area (Å²) in [4.78, 5) is 15.6. The number of fused-ring (bicyclic) bond motifs is 3. The van der Waals surface area contributed by atoms with Crippen molar-refractivity contribution in [2.45, 2.75) is 37.5 Å². The SMILES string of the molecule is COc1cc2c(cc1OC)C(Cc1ccc3c(c1)OCO3)N(CC(=O)N[C@@H]1c3ccccc3C[C@@H]1O)CC2. The molecule has 3 aliphatic rings. The van der Waals surface area contributed by atoms with E-state index in [1.54, 1.807) is 14.2 Å². The van der Waals surface area contributed by atoms with Crippen LogP contribution in [-0.2, 0) is 24.1 Å². The molecule has 0 saturated heterocycles. The molecule has 0 bridgehead atoms. The molecule has 2 aliphatic heterocycles. The molecule has 198 valence electrons. The Morgan fingerprint density at radius 3 is 2.63 bits per heavy atom. The van der Waals surface area contributed by atoms with Crippen molar-refractivity contribution in [2.75, 3.05) is 34.1 Å². The first-order valence-electron chi connectivity index (χ1n) is 13.0. The van der Waals surface area contributed by atoms with Gasteiger partial charge in [-0.15, -0.1) is 0 Å². The van der Waals surface area contributed by atoms with Crippen molar-refractivity contribution in [3.05, 3.63) is 82.4 Å². The molecular weight excluding hydrogens is 484 g/mol. The number of hydrogen-bond acceptors (Lipinski definition) is 7. The van der Waals surface area contributed by atoms with Gasteiger partial charge in [0.15, 0.2) is 23.0 Å². The molecule has 8 heteroatoms. The molecule has 1 aliphatic carbocycles. The Labute approximate surface area is 222 Å². The molecule has 2 heterocycles. The number of aliphatic hydroxyl groups excluding tert-OH is 1. The number of amides is 1. The minimum Gasteiger partial charge on any atom is -0.493 e. The molecule has 2 N–H and O–H groups in total. The fourth-order valence-corrected chi connectivity index (χ4v) is 5.95. The summed E-state index contributed by atoms with van der Waals surface area (Å²) in [5.41, 5.74) is 5.47. The predicted octanol–water partition coefficient (Wildman–Crippen LogP) is 3.35. The third kappa shape index (κ3) is 4.54. The van der Waals surface area contributed by atoms with Gasteiger partial charge >= 0.3 is 0 Å². The molecule has 0 saturated carbocycles. The third-order valence-corrected chi connectivity index (χ3v) is 7.85. The second-order valence-electron chi connectivity index (χ2n) is 10.0. The van der Waals surface area contributed by atoms with Crippen molar-refractivity contribution in [3.8, 4) is 23.0 Å². The second-order valence-corrected chi connectivity index (χ2v) is 10.0. The van der Waals surface area contributed by atoms with Crippen LogP contribution in [0.3, 0.4) is 0 Å². The molecule has 0 radical (unpaired) electrons. The molecule has 1 unspecified atom stereocenters. The fourth-order valence-electron chi connectivity index (χ4n) is 5.95. The molecule has 8 nitrogen and oxygen atoms in total.